The molecule has 0 atom stereocenters. The number of carbonyl (C=O) groups is 1. The molecule has 0 bridgehead atoms. The number of methoxy groups -OCH3 is 1. The van der Waals surface area contributed by atoms with Gasteiger partial charge in [0.2, 0.25) is 5.91 Å². The van der Waals surface area contributed by atoms with E-state index in [0.717, 1.165) is 6.26 Å². The van der Waals surface area contributed by atoms with Gasteiger partial charge in [-0.05, 0) is 19.8 Å². The van der Waals surface area contributed by atoms with Crippen molar-refractivity contribution in [2.24, 2.45) is 5.92 Å². The van der Waals surface area contributed by atoms with Crippen molar-refractivity contribution in [3.05, 3.63) is 0 Å². The first-order chi connectivity index (χ1) is 8.04. The highest BCUT2D eigenvalue weighted by Gasteiger charge is 2.41. The van der Waals surface area contributed by atoms with Crippen LogP contribution in [0.5, 0.6) is 0 Å². The highest BCUT2D eigenvalue weighted by atomic mass is 32.2. The maximum atomic E-state index is 12.3. The number of sulfone groups is 1. The molecule has 0 aromatic carbocycles. The molecule has 18 heavy (non-hydrogen) atoms. The average molecular weight is 279 g/mol. The van der Waals surface area contributed by atoms with E-state index in [1.807, 2.05) is 13.8 Å². The Kier molecular flexibility index (Phi) is 6.29. The quantitative estimate of drug-likeness (QED) is 0.696. The lowest BCUT2D eigenvalue weighted by atomic mass is 10.1. The zero-order valence-electron chi connectivity index (χ0n) is 12.2. The number of carbonyl (C=O) groups excluding carboxylic acids is 1. The minimum Gasteiger partial charge on any atom is -0.383 e. The van der Waals surface area contributed by atoms with Crippen molar-refractivity contribution in [3.63, 3.8) is 0 Å². The van der Waals surface area contributed by atoms with Crippen molar-refractivity contribution < 1.29 is 17.9 Å². The van der Waals surface area contributed by atoms with Gasteiger partial charge >= 0.3 is 0 Å². The molecule has 0 saturated carbocycles. The largest absolute Gasteiger partial charge is 0.383 e. The summed E-state index contributed by atoms with van der Waals surface area (Å²) in [6.45, 7) is 8.21. The van der Waals surface area contributed by atoms with Gasteiger partial charge in [0, 0.05) is 26.5 Å². The number of nitrogens with zero attached hydrogens (tertiary/aromatic N) is 1. The van der Waals surface area contributed by atoms with Crippen LogP contribution in [0.2, 0.25) is 0 Å². The van der Waals surface area contributed by atoms with Crippen LogP contribution in [-0.4, -0.2) is 57.0 Å². The first-order valence-corrected chi connectivity index (χ1v) is 7.91. The third-order valence-corrected chi connectivity index (χ3v) is 4.91. The lowest BCUT2D eigenvalue weighted by molar-refractivity contribution is -0.134. The van der Waals surface area contributed by atoms with Crippen LogP contribution >= 0.6 is 0 Å². The fraction of sp³-hybridized carbons (Fsp3) is 0.917. The summed E-state index contributed by atoms with van der Waals surface area (Å²) in [5.74, 6) is -0.0862. The summed E-state index contributed by atoms with van der Waals surface area (Å²) in [7, 11) is -1.88. The van der Waals surface area contributed by atoms with Gasteiger partial charge in [-0.3, -0.25) is 4.79 Å². The summed E-state index contributed by atoms with van der Waals surface area (Å²) in [5.41, 5.74) is 0. The summed E-state index contributed by atoms with van der Waals surface area (Å²) in [6, 6.07) is 0. The van der Waals surface area contributed by atoms with Crippen LogP contribution in [0.15, 0.2) is 0 Å². The molecule has 5 nitrogen and oxygen atoms in total. The molecule has 0 aromatic rings. The van der Waals surface area contributed by atoms with Crippen LogP contribution in [0.4, 0.5) is 0 Å². The van der Waals surface area contributed by atoms with E-state index in [9.17, 15) is 13.2 Å². The summed E-state index contributed by atoms with van der Waals surface area (Å²) in [5, 5.41) is 0. The van der Waals surface area contributed by atoms with Gasteiger partial charge in [-0.25, -0.2) is 8.42 Å². The Bertz CT molecular complexity index is 374. The van der Waals surface area contributed by atoms with E-state index in [2.05, 4.69) is 0 Å². The summed E-state index contributed by atoms with van der Waals surface area (Å²) < 4.78 is 26.9. The van der Waals surface area contributed by atoms with E-state index < -0.39 is 14.6 Å². The molecule has 1 amide bonds. The van der Waals surface area contributed by atoms with Crippen LogP contribution in [-0.2, 0) is 19.4 Å². The molecule has 0 radical (unpaired) electrons. The van der Waals surface area contributed by atoms with E-state index in [-0.39, 0.29) is 11.8 Å². The van der Waals surface area contributed by atoms with Gasteiger partial charge in [-0.2, -0.15) is 0 Å². The molecule has 0 aliphatic heterocycles. The third kappa shape index (κ3) is 4.57. The van der Waals surface area contributed by atoms with E-state index in [0.29, 0.717) is 19.7 Å². The number of hydrogen-bond acceptors (Lipinski definition) is 4. The molecule has 0 saturated heterocycles. The highest BCUT2D eigenvalue weighted by molar-refractivity contribution is 7.92. The van der Waals surface area contributed by atoms with Gasteiger partial charge in [0.15, 0.2) is 9.84 Å². The lowest BCUT2D eigenvalue weighted by Gasteiger charge is -2.31. The Hall–Kier alpha value is -0.620. The molecular weight excluding hydrogens is 254 g/mol. The fourth-order valence-corrected chi connectivity index (χ4v) is 1.90. The first-order valence-electron chi connectivity index (χ1n) is 6.02. The smallest absolute Gasteiger partial charge is 0.243 e. The van der Waals surface area contributed by atoms with Crippen molar-refractivity contribution in [2.75, 3.05) is 33.1 Å². The molecule has 6 heteroatoms. The van der Waals surface area contributed by atoms with E-state index in [1.54, 1.807) is 12.0 Å². The van der Waals surface area contributed by atoms with E-state index >= 15 is 0 Å². The monoisotopic (exact) mass is 279 g/mol. The minimum absolute atomic E-state index is 0.279. The SMILES string of the molecule is COCCN(CC(C)C)C(=O)C(C)(C)S(C)(=O)=O. The predicted molar refractivity (Wildman–Crippen MR) is 72.2 cm³/mol. The van der Waals surface area contributed by atoms with Gasteiger partial charge in [-0.15, -0.1) is 0 Å². The third-order valence-electron chi connectivity index (χ3n) is 2.88. The number of ether oxygens (including phenoxy) is 1. The molecule has 0 fully saturated rings. The van der Waals surface area contributed by atoms with Crippen LogP contribution in [0, 0.1) is 5.92 Å². The van der Waals surface area contributed by atoms with Crippen molar-refractivity contribution in [1.29, 1.82) is 0 Å². The number of amides is 1. The topological polar surface area (TPSA) is 63.7 Å². The van der Waals surface area contributed by atoms with Crippen molar-refractivity contribution in [2.45, 2.75) is 32.4 Å². The fourth-order valence-electron chi connectivity index (χ4n) is 1.46. The zero-order chi connectivity index (χ0) is 14.6. The van der Waals surface area contributed by atoms with Crippen molar-refractivity contribution >= 4 is 15.7 Å². The zero-order valence-corrected chi connectivity index (χ0v) is 13.0. The van der Waals surface area contributed by atoms with Gasteiger partial charge in [0.25, 0.3) is 0 Å². The minimum atomic E-state index is -3.44. The maximum absolute atomic E-state index is 12.3. The summed E-state index contributed by atoms with van der Waals surface area (Å²) >= 11 is 0. The maximum Gasteiger partial charge on any atom is 0.243 e. The Morgan fingerprint density at radius 1 is 1.33 bits per heavy atom. The number of rotatable bonds is 7. The van der Waals surface area contributed by atoms with E-state index in [1.165, 1.54) is 13.8 Å². The van der Waals surface area contributed by atoms with Gasteiger partial charge in [0.1, 0.15) is 4.75 Å². The Labute approximate surface area is 110 Å². The van der Waals surface area contributed by atoms with Gasteiger partial charge < -0.3 is 9.64 Å². The average Bonchev–Trinajstić information content (AvgIpc) is 2.20. The molecule has 0 spiro atoms. The van der Waals surface area contributed by atoms with Crippen molar-refractivity contribution in [1.82, 2.24) is 4.90 Å². The number of hydrogen-bond donors (Lipinski definition) is 0. The van der Waals surface area contributed by atoms with Crippen LogP contribution in [0.1, 0.15) is 27.7 Å². The predicted octanol–water partition coefficient (Wildman–Crippen LogP) is 0.941. The molecule has 0 aromatic heterocycles. The van der Waals surface area contributed by atoms with Crippen LogP contribution < -0.4 is 0 Å². The molecule has 0 rings (SSSR count). The molecule has 0 aliphatic rings. The summed E-state index contributed by atoms with van der Waals surface area (Å²) in [6.07, 6.45) is 1.09. The van der Waals surface area contributed by atoms with Crippen LogP contribution in [0.3, 0.4) is 0 Å². The lowest BCUT2D eigenvalue weighted by Crippen LogP contribution is -2.51. The van der Waals surface area contributed by atoms with E-state index in [4.69, 9.17) is 4.74 Å². The second-order valence-electron chi connectivity index (χ2n) is 5.42. The molecule has 0 unspecified atom stereocenters. The normalized spacial score (nSPS) is 12.8. The molecule has 0 aliphatic carbocycles. The van der Waals surface area contributed by atoms with Crippen LogP contribution in [0.25, 0.3) is 0 Å². The Morgan fingerprint density at radius 2 is 1.83 bits per heavy atom. The molecule has 0 N–H and O–H groups in total. The standard InChI is InChI=1S/C12H25NO4S/c1-10(2)9-13(7-8-17-5)11(14)12(3,4)18(6,15)16/h10H,7-9H2,1-6H3. The summed E-state index contributed by atoms with van der Waals surface area (Å²) in [4.78, 5) is 13.9. The first kappa shape index (κ1) is 17.4. The molecule has 0 heterocycles. The molecular formula is C12H25NO4S. The highest BCUT2D eigenvalue weighted by Crippen LogP contribution is 2.19. The van der Waals surface area contributed by atoms with Crippen molar-refractivity contribution in [3.8, 4) is 0 Å². The second-order valence-corrected chi connectivity index (χ2v) is 7.99. The van der Waals surface area contributed by atoms with Gasteiger partial charge in [0.05, 0.1) is 6.61 Å². The molecule has 108 valence electrons. The Morgan fingerprint density at radius 3 is 2.17 bits per heavy atom. The second kappa shape index (κ2) is 6.52. The van der Waals surface area contributed by atoms with Gasteiger partial charge in [-0.1, -0.05) is 13.8 Å². The Balaban J connectivity index is 5.06.